The van der Waals surface area contributed by atoms with E-state index in [9.17, 15) is 5.11 Å². The largest absolute Gasteiger partial charge is 0.508 e. The molecular weight excluding hydrogens is 190 g/mol. The zero-order valence-corrected chi connectivity index (χ0v) is 8.75. The van der Waals surface area contributed by atoms with Crippen LogP contribution in [0.5, 0.6) is 5.75 Å². The minimum absolute atomic E-state index is 0.271. The van der Waals surface area contributed by atoms with Crippen molar-refractivity contribution in [2.24, 2.45) is 0 Å². The number of aryl methyl sites for hydroxylation is 1. The molecule has 0 spiro atoms. The number of aromatic hydroxyl groups is 1. The van der Waals surface area contributed by atoms with Gasteiger partial charge in [0.05, 0.1) is 11.0 Å². The second-order valence-electron chi connectivity index (χ2n) is 3.59. The molecule has 4 nitrogen and oxygen atoms in total. The molecule has 2 rings (SSSR count). The van der Waals surface area contributed by atoms with Gasteiger partial charge in [-0.25, -0.2) is 4.98 Å². The van der Waals surface area contributed by atoms with E-state index in [4.69, 9.17) is 0 Å². The summed E-state index contributed by atoms with van der Waals surface area (Å²) < 4.78 is 0. The van der Waals surface area contributed by atoms with E-state index in [2.05, 4.69) is 15.3 Å². The number of H-pyrrole nitrogens is 1. The Labute approximate surface area is 88.3 Å². The smallest absolute Gasteiger partial charge is 0.117 e. The molecule has 0 radical (unpaired) electrons. The standard InChI is InChI=1S/C11H15N3O/c1-12-6-2-3-11-13-9-5-4-8(15)7-10(9)14-11/h4-5,7,12,15H,2-3,6H2,1H3,(H,13,14). The summed E-state index contributed by atoms with van der Waals surface area (Å²) in [5.41, 5.74) is 1.81. The molecule has 1 aromatic carbocycles. The number of hydrogen-bond acceptors (Lipinski definition) is 3. The monoisotopic (exact) mass is 205 g/mol. The average Bonchev–Trinajstić information content (AvgIpc) is 2.60. The van der Waals surface area contributed by atoms with Crippen LogP contribution in [-0.2, 0) is 6.42 Å². The van der Waals surface area contributed by atoms with Crippen LogP contribution in [0.1, 0.15) is 12.2 Å². The summed E-state index contributed by atoms with van der Waals surface area (Å²) in [7, 11) is 1.94. The summed E-state index contributed by atoms with van der Waals surface area (Å²) in [5.74, 6) is 1.25. The van der Waals surface area contributed by atoms with Gasteiger partial charge in [0.15, 0.2) is 0 Å². The number of hydrogen-bond donors (Lipinski definition) is 3. The van der Waals surface area contributed by atoms with Crippen LogP contribution in [0.15, 0.2) is 18.2 Å². The van der Waals surface area contributed by atoms with Crippen molar-refractivity contribution in [3.05, 3.63) is 24.0 Å². The molecule has 2 aromatic rings. The first kappa shape index (κ1) is 9.98. The maximum atomic E-state index is 9.30. The number of phenolic OH excluding ortho intramolecular Hbond substituents is 1. The van der Waals surface area contributed by atoms with Crippen molar-refractivity contribution in [3.63, 3.8) is 0 Å². The highest BCUT2D eigenvalue weighted by atomic mass is 16.3. The zero-order valence-electron chi connectivity index (χ0n) is 8.75. The molecule has 0 atom stereocenters. The van der Waals surface area contributed by atoms with Gasteiger partial charge in [0.2, 0.25) is 0 Å². The van der Waals surface area contributed by atoms with E-state index in [0.717, 1.165) is 36.2 Å². The Bertz CT molecular complexity index is 450. The second-order valence-corrected chi connectivity index (χ2v) is 3.59. The first-order chi connectivity index (χ1) is 7.29. The molecule has 0 fully saturated rings. The number of nitrogens with zero attached hydrogens (tertiary/aromatic N) is 1. The fourth-order valence-electron chi connectivity index (χ4n) is 1.60. The van der Waals surface area contributed by atoms with E-state index in [1.807, 2.05) is 13.1 Å². The fourth-order valence-corrected chi connectivity index (χ4v) is 1.60. The summed E-state index contributed by atoms with van der Waals surface area (Å²) in [5, 5.41) is 12.4. The highest BCUT2D eigenvalue weighted by Crippen LogP contribution is 2.17. The van der Waals surface area contributed by atoms with Gasteiger partial charge in [0.1, 0.15) is 11.6 Å². The summed E-state index contributed by atoms with van der Waals surface area (Å²) in [6.45, 7) is 0.988. The lowest BCUT2D eigenvalue weighted by Gasteiger charge is -1.95. The number of fused-ring (bicyclic) bond motifs is 1. The van der Waals surface area contributed by atoms with E-state index >= 15 is 0 Å². The second kappa shape index (κ2) is 4.31. The number of imidazole rings is 1. The Morgan fingerprint density at radius 2 is 2.33 bits per heavy atom. The average molecular weight is 205 g/mol. The first-order valence-corrected chi connectivity index (χ1v) is 5.12. The molecule has 1 heterocycles. The van der Waals surface area contributed by atoms with Crippen molar-refractivity contribution in [1.29, 1.82) is 0 Å². The van der Waals surface area contributed by atoms with Gasteiger partial charge in [-0.15, -0.1) is 0 Å². The van der Waals surface area contributed by atoms with Crippen LogP contribution in [0.4, 0.5) is 0 Å². The number of phenols is 1. The number of rotatable bonds is 4. The van der Waals surface area contributed by atoms with Gasteiger partial charge >= 0.3 is 0 Å². The number of aromatic amines is 1. The van der Waals surface area contributed by atoms with Gasteiger partial charge in [-0.1, -0.05) is 0 Å². The molecular formula is C11H15N3O. The molecule has 0 saturated heterocycles. The Hall–Kier alpha value is -1.55. The van der Waals surface area contributed by atoms with E-state index < -0.39 is 0 Å². The van der Waals surface area contributed by atoms with Crippen LogP contribution in [0.25, 0.3) is 11.0 Å². The first-order valence-electron chi connectivity index (χ1n) is 5.12. The Balaban J connectivity index is 2.16. The van der Waals surface area contributed by atoms with Gasteiger partial charge in [0.25, 0.3) is 0 Å². The number of nitrogens with one attached hydrogen (secondary N) is 2. The van der Waals surface area contributed by atoms with Crippen molar-refractivity contribution in [1.82, 2.24) is 15.3 Å². The van der Waals surface area contributed by atoms with Gasteiger partial charge in [-0.2, -0.15) is 0 Å². The van der Waals surface area contributed by atoms with Crippen LogP contribution < -0.4 is 5.32 Å². The quantitative estimate of drug-likeness (QED) is 0.661. The van der Waals surface area contributed by atoms with E-state index in [-0.39, 0.29) is 5.75 Å². The number of benzene rings is 1. The molecule has 0 amide bonds. The Morgan fingerprint density at radius 3 is 3.13 bits per heavy atom. The van der Waals surface area contributed by atoms with Gasteiger partial charge in [0, 0.05) is 12.5 Å². The predicted molar refractivity (Wildman–Crippen MR) is 60.0 cm³/mol. The van der Waals surface area contributed by atoms with E-state index in [1.165, 1.54) is 0 Å². The van der Waals surface area contributed by atoms with Crippen LogP contribution in [0.3, 0.4) is 0 Å². The molecule has 0 saturated carbocycles. The maximum absolute atomic E-state index is 9.30. The van der Waals surface area contributed by atoms with Crippen LogP contribution in [0.2, 0.25) is 0 Å². The lowest BCUT2D eigenvalue weighted by atomic mass is 10.3. The SMILES string of the molecule is CNCCCc1nc2ccc(O)cc2[nH]1. The van der Waals surface area contributed by atoms with Crippen LogP contribution in [-0.4, -0.2) is 28.7 Å². The topological polar surface area (TPSA) is 60.9 Å². The highest BCUT2D eigenvalue weighted by Gasteiger charge is 2.02. The summed E-state index contributed by atoms with van der Waals surface area (Å²) in [6.07, 6.45) is 1.98. The summed E-state index contributed by atoms with van der Waals surface area (Å²) >= 11 is 0. The minimum atomic E-state index is 0.271. The molecule has 0 bridgehead atoms. The van der Waals surface area contributed by atoms with Gasteiger partial charge in [-0.3, -0.25) is 0 Å². The number of aromatic nitrogens is 2. The van der Waals surface area contributed by atoms with Crippen molar-refractivity contribution < 1.29 is 5.11 Å². The lowest BCUT2D eigenvalue weighted by Crippen LogP contribution is -2.08. The van der Waals surface area contributed by atoms with Crippen LogP contribution in [0, 0.1) is 0 Å². The molecule has 1 aromatic heterocycles. The van der Waals surface area contributed by atoms with Crippen molar-refractivity contribution in [2.45, 2.75) is 12.8 Å². The normalized spacial score (nSPS) is 11.0. The van der Waals surface area contributed by atoms with Crippen molar-refractivity contribution in [3.8, 4) is 5.75 Å². The predicted octanol–water partition coefficient (Wildman–Crippen LogP) is 1.42. The maximum Gasteiger partial charge on any atom is 0.117 e. The highest BCUT2D eigenvalue weighted by molar-refractivity contribution is 5.76. The third-order valence-corrected chi connectivity index (χ3v) is 2.35. The van der Waals surface area contributed by atoms with Gasteiger partial charge in [-0.05, 0) is 32.1 Å². The molecule has 15 heavy (non-hydrogen) atoms. The summed E-state index contributed by atoms with van der Waals surface area (Å²) in [4.78, 5) is 7.63. The third-order valence-electron chi connectivity index (χ3n) is 2.35. The van der Waals surface area contributed by atoms with E-state index in [0.29, 0.717) is 0 Å². The lowest BCUT2D eigenvalue weighted by molar-refractivity contribution is 0.476. The molecule has 0 aliphatic carbocycles. The molecule has 0 unspecified atom stereocenters. The Kier molecular flexibility index (Phi) is 2.87. The van der Waals surface area contributed by atoms with Crippen LogP contribution >= 0.6 is 0 Å². The zero-order chi connectivity index (χ0) is 10.7. The minimum Gasteiger partial charge on any atom is -0.508 e. The molecule has 80 valence electrons. The van der Waals surface area contributed by atoms with E-state index in [1.54, 1.807) is 12.1 Å². The fraction of sp³-hybridized carbons (Fsp3) is 0.364. The van der Waals surface area contributed by atoms with Crippen molar-refractivity contribution >= 4 is 11.0 Å². The summed E-state index contributed by atoms with van der Waals surface area (Å²) in [6, 6.07) is 5.17. The third kappa shape index (κ3) is 2.27. The molecule has 4 heteroatoms. The Morgan fingerprint density at radius 1 is 1.47 bits per heavy atom. The van der Waals surface area contributed by atoms with Gasteiger partial charge < -0.3 is 15.4 Å². The molecule has 0 aliphatic rings. The van der Waals surface area contributed by atoms with Crippen molar-refractivity contribution in [2.75, 3.05) is 13.6 Å². The molecule has 3 N–H and O–H groups in total. The molecule has 0 aliphatic heterocycles.